The number of aliphatic hydroxyl groups is 1. The van der Waals surface area contributed by atoms with Gasteiger partial charge in [0.1, 0.15) is 0 Å². The van der Waals surface area contributed by atoms with Crippen LogP contribution in [0.3, 0.4) is 0 Å². The van der Waals surface area contributed by atoms with Crippen LogP contribution in [0.15, 0.2) is 11.6 Å². The number of aliphatic hydroxyl groups excluding tert-OH is 1. The minimum absolute atomic E-state index is 0.00214. The van der Waals surface area contributed by atoms with Crippen LogP contribution in [0.25, 0.3) is 0 Å². The number of carbonyl (C=O) groups excluding carboxylic acids is 1. The van der Waals surface area contributed by atoms with Gasteiger partial charge in [-0.1, -0.05) is 60.1 Å². The van der Waals surface area contributed by atoms with Crippen LogP contribution in [0, 0.1) is 50.2 Å². The van der Waals surface area contributed by atoms with Gasteiger partial charge in [-0.25, -0.2) is 0 Å². The summed E-state index contributed by atoms with van der Waals surface area (Å²) in [5.41, 5.74) is 1.48. The highest BCUT2D eigenvalue weighted by Gasteiger charge is 2.78. The average Bonchev–Trinajstić information content (AvgIpc) is 3.57. The highest BCUT2D eigenvalue weighted by atomic mass is 16.6. The summed E-state index contributed by atoms with van der Waals surface area (Å²) in [5.74, 6) is 1.25. The fourth-order valence-corrected chi connectivity index (χ4v) is 11.4. The highest BCUT2D eigenvalue weighted by molar-refractivity contribution is 5.78. The third kappa shape index (κ3) is 2.80. The van der Waals surface area contributed by atoms with E-state index in [1.165, 1.54) is 0 Å². The number of ether oxygens (including phenoxy) is 2. The van der Waals surface area contributed by atoms with Crippen LogP contribution in [0.5, 0.6) is 0 Å². The summed E-state index contributed by atoms with van der Waals surface area (Å²) in [6.45, 7) is 16.9. The number of methoxy groups -OCH3 is 1. The van der Waals surface area contributed by atoms with Crippen LogP contribution < -0.4 is 0 Å². The first kappa shape index (κ1) is 24.5. The average molecular weight is 485 g/mol. The largest absolute Gasteiger partial charge is 0.469 e. The maximum Gasteiger partial charge on any atom is 0.312 e. The minimum atomic E-state index is -0.416. The number of hydrogen-bond donors (Lipinski definition) is 1. The molecule has 0 radical (unpaired) electrons. The number of esters is 1. The molecule has 6 rings (SSSR count). The molecule has 1 N–H and O–H groups in total. The third-order valence-electron chi connectivity index (χ3n) is 13.2. The first-order valence-electron chi connectivity index (χ1n) is 14.3. The van der Waals surface area contributed by atoms with E-state index in [2.05, 4.69) is 54.5 Å². The number of fused-ring (bicyclic) bond motifs is 10. The Hall–Kier alpha value is -0.870. The molecule has 196 valence electrons. The molecule has 1 heterocycles. The van der Waals surface area contributed by atoms with E-state index in [9.17, 15) is 9.90 Å². The van der Waals surface area contributed by atoms with Gasteiger partial charge in [-0.15, -0.1) is 0 Å². The Balaban J connectivity index is 1.48. The summed E-state index contributed by atoms with van der Waals surface area (Å²) in [4.78, 5) is 13.5. The van der Waals surface area contributed by atoms with Crippen LogP contribution in [0.4, 0.5) is 0 Å². The lowest BCUT2D eigenvalue weighted by molar-refractivity contribution is -0.184. The van der Waals surface area contributed by atoms with Crippen molar-refractivity contribution in [3.05, 3.63) is 11.6 Å². The van der Waals surface area contributed by atoms with Gasteiger partial charge in [0, 0.05) is 11.3 Å². The number of rotatable bonds is 1. The molecule has 0 bridgehead atoms. The third-order valence-corrected chi connectivity index (χ3v) is 13.2. The summed E-state index contributed by atoms with van der Waals surface area (Å²) in [6, 6.07) is 0. The van der Waals surface area contributed by atoms with Gasteiger partial charge in [0.15, 0.2) is 0 Å². The lowest BCUT2D eigenvalue weighted by atomic mass is 9.34. The summed E-state index contributed by atoms with van der Waals surface area (Å²) in [6.07, 6.45) is 10.9. The van der Waals surface area contributed by atoms with Gasteiger partial charge >= 0.3 is 5.97 Å². The maximum atomic E-state index is 13.5. The lowest BCUT2D eigenvalue weighted by Gasteiger charge is -2.68. The van der Waals surface area contributed by atoms with E-state index in [4.69, 9.17) is 9.47 Å². The Kier molecular flexibility index (Phi) is 4.86. The van der Waals surface area contributed by atoms with Gasteiger partial charge < -0.3 is 14.6 Å². The molecule has 35 heavy (non-hydrogen) atoms. The molecule has 1 aliphatic heterocycles. The van der Waals surface area contributed by atoms with E-state index in [0.717, 1.165) is 51.4 Å². The van der Waals surface area contributed by atoms with E-state index in [1.54, 1.807) is 12.7 Å². The van der Waals surface area contributed by atoms with Crippen molar-refractivity contribution >= 4 is 5.97 Å². The monoisotopic (exact) mass is 484 g/mol. The highest BCUT2D eigenvalue weighted by Crippen LogP contribution is 2.78. The van der Waals surface area contributed by atoms with Crippen molar-refractivity contribution < 1.29 is 19.4 Å². The molecule has 0 aromatic heterocycles. The Labute approximate surface area is 212 Å². The van der Waals surface area contributed by atoms with Crippen molar-refractivity contribution in [2.75, 3.05) is 7.11 Å². The standard InChI is InChI=1S/C31H48O4/c1-26(2)15-16-31(25(33)34-8)14-10-19-29(6)12-9-18-27(3,4)21(32)11-13-28(18,5)23(29)22-24(35-22)30(19,7)20(31)17-26/h10,18,20-24,32H,9,11-17H2,1-8H3/t18-,20-,21-,22-,23+,24-,28-,29-,30+,31+/m0/s1. The maximum absolute atomic E-state index is 13.5. The number of carbonyl (C=O) groups is 1. The topological polar surface area (TPSA) is 59.1 Å². The molecule has 0 unspecified atom stereocenters. The molecule has 5 fully saturated rings. The molecular weight excluding hydrogens is 436 g/mol. The van der Waals surface area contributed by atoms with Gasteiger partial charge in [-0.05, 0) is 84.9 Å². The van der Waals surface area contributed by atoms with Crippen molar-refractivity contribution in [2.24, 2.45) is 50.2 Å². The molecule has 6 aliphatic rings. The molecule has 4 saturated carbocycles. The fraction of sp³-hybridized carbons (Fsp3) is 0.903. The van der Waals surface area contributed by atoms with Crippen LogP contribution in [-0.2, 0) is 14.3 Å². The van der Waals surface area contributed by atoms with Gasteiger partial charge in [0.05, 0.1) is 30.8 Å². The van der Waals surface area contributed by atoms with E-state index in [0.29, 0.717) is 11.8 Å². The van der Waals surface area contributed by atoms with Gasteiger partial charge in [0.25, 0.3) is 0 Å². The second kappa shape index (κ2) is 6.95. The van der Waals surface area contributed by atoms with E-state index < -0.39 is 5.41 Å². The molecule has 1 saturated heterocycles. The molecule has 4 heteroatoms. The van der Waals surface area contributed by atoms with E-state index in [1.807, 2.05) is 0 Å². The molecular formula is C31H48O4. The fourth-order valence-electron chi connectivity index (χ4n) is 11.4. The van der Waals surface area contributed by atoms with Crippen molar-refractivity contribution in [1.82, 2.24) is 0 Å². The zero-order valence-corrected chi connectivity index (χ0v) is 23.4. The van der Waals surface area contributed by atoms with Crippen molar-refractivity contribution in [2.45, 2.75) is 118 Å². The molecule has 0 amide bonds. The number of hydrogen-bond acceptors (Lipinski definition) is 4. The second-order valence-electron chi connectivity index (χ2n) is 15.6. The SMILES string of the molecule is COC(=O)[C@@]12CC=C3[C@](C)([C@@H]1CC(C)(C)CC2)[C@H]1O[C@H]1[C@@H]1[C@@]2(C)CC[C@H](O)C(C)(C)[C@@H]2CC[C@@]31C. The zero-order valence-electron chi connectivity index (χ0n) is 23.4. The Morgan fingerprint density at radius 2 is 1.71 bits per heavy atom. The van der Waals surface area contributed by atoms with Gasteiger partial charge in [-0.3, -0.25) is 4.79 Å². The Morgan fingerprint density at radius 3 is 2.40 bits per heavy atom. The number of epoxide rings is 1. The van der Waals surface area contributed by atoms with Gasteiger partial charge in [-0.2, -0.15) is 0 Å². The molecule has 5 aliphatic carbocycles. The van der Waals surface area contributed by atoms with Crippen LogP contribution in [0.2, 0.25) is 0 Å². The Bertz CT molecular complexity index is 980. The summed E-state index contributed by atoms with van der Waals surface area (Å²) >= 11 is 0. The molecule has 0 spiro atoms. The molecule has 0 aromatic rings. The van der Waals surface area contributed by atoms with Crippen LogP contribution in [-0.4, -0.2) is 36.5 Å². The lowest BCUT2D eigenvalue weighted by Crippen LogP contribution is -2.66. The predicted octanol–water partition coefficient (Wildman–Crippen LogP) is 6.31. The van der Waals surface area contributed by atoms with Crippen LogP contribution >= 0.6 is 0 Å². The minimum Gasteiger partial charge on any atom is -0.469 e. The normalized spacial score (nSPS) is 55.2. The summed E-state index contributed by atoms with van der Waals surface area (Å²) in [5, 5.41) is 11.0. The zero-order chi connectivity index (χ0) is 25.4. The molecule has 0 aromatic carbocycles. The van der Waals surface area contributed by atoms with E-state index in [-0.39, 0.29) is 57.3 Å². The van der Waals surface area contributed by atoms with Crippen molar-refractivity contribution in [3.63, 3.8) is 0 Å². The summed E-state index contributed by atoms with van der Waals surface area (Å²) < 4.78 is 12.3. The van der Waals surface area contributed by atoms with Crippen LogP contribution in [0.1, 0.15) is 99.8 Å². The first-order chi connectivity index (χ1) is 16.2. The quantitative estimate of drug-likeness (QED) is 0.269. The van der Waals surface area contributed by atoms with Crippen molar-refractivity contribution in [3.8, 4) is 0 Å². The second-order valence-corrected chi connectivity index (χ2v) is 15.6. The van der Waals surface area contributed by atoms with Gasteiger partial charge in [0.2, 0.25) is 0 Å². The molecule has 4 nitrogen and oxygen atoms in total. The van der Waals surface area contributed by atoms with Crippen molar-refractivity contribution in [1.29, 1.82) is 0 Å². The smallest absolute Gasteiger partial charge is 0.312 e. The Morgan fingerprint density at radius 1 is 1.00 bits per heavy atom. The summed E-state index contributed by atoms with van der Waals surface area (Å²) in [7, 11) is 1.57. The molecule has 10 atom stereocenters. The van der Waals surface area contributed by atoms with E-state index >= 15 is 0 Å². The number of allylic oxidation sites excluding steroid dienone is 1. The first-order valence-corrected chi connectivity index (χ1v) is 14.3. The predicted molar refractivity (Wildman–Crippen MR) is 136 cm³/mol.